The van der Waals surface area contributed by atoms with Crippen LogP contribution < -0.4 is 5.32 Å². The first kappa shape index (κ1) is 10.9. The lowest BCUT2D eigenvalue weighted by molar-refractivity contribution is -0.122. The van der Waals surface area contributed by atoms with Crippen LogP contribution in [-0.4, -0.2) is 21.9 Å². The van der Waals surface area contributed by atoms with Gasteiger partial charge in [-0.2, -0.15) is 0 Å². The van der Waals surface area contributed by atoms with E-state index in [4.69, 9.17) is 0 Å². The predicted molar refractivity (Wildman–Crippen MR) is 62.3 cm³/mol. The molecule has 1 heterocycles. The molecule has 1 fully saturated rings. The third kappa shape index (κ3) is 2.69. The van der Waals surface area contributed by atoms with Crippen molar-refractivity contribution in [3.8, 4) is 0 Å². The van der Waals surface area contributed by atoms with Crippen LogP contribution in [0.15, 0.2) is 4.34 Å². The Balaban J connectivity index is 1.89. The number of nitrogens with one attached hydrogen (secondary N) is 1. The van der Waals surface area contributed by atoms with Gasteiger partial charge in [0.25, 0.3) is 0 Å². The number of thioether (sulfide) groups is 1. The van der Waals surface area contributed by atoms with Gasteiger partial charge in [-0.15, -0.1) is 10.2 Å². The van der Waals surface area contributed by atoms with E-state index >= 15 is 0 Å². The van der Waals surface area contributed by atoms with E-state index in [1.165, 1.54) is 17.8 Å². The predicted octanol–water partition coefficient (Wildman–Crippen LogP) is 2.39. The smallest absolute Gasteiger partial charge is 0.229 e. The van der Waals surface area contributed by atoms with Crippen molar-refractivity contribution >= 4 is 34.1 Å². The van der Waals surface area contributed by atoms with Gasteiger partial charge in [-0.3, -0.25) is 4.79 Å². The van der Waals surface area contributed by atoms with Crippen molar-refractivity contribution < 1.29 is 4.79 Å². The standard InChI is InChI=1S/C9H13N3OS2/c1-2-14-9-12-11-8(15-9)10-7(13)6-4-3-5-6/h6H,2-5H2,1H3,(H,10,11,13). The summed E-state index contributed by atoms with van der Waals surface area (Å²) in [6, 6.07) is 0. The van der Waals surface area contributed by atoms with Crippen LogP contribution in [0.5, 0.6) is 0 Å². The second-order valence-electron chi connectivity index (χ2n) is 3.42. The molecule has 1 saturated carbocycles. The summed E-state index contributed by atoms with van der Waals surface area (Å²) in [6.07, 6.45) is 3.20. The maximum absolute atomic E-state index is 11.6. The van der Waals surface area contributed by atoms with Gasteiger partial charge in [0.05, 0.1) is 0 Å². The van der Waals surface area contributed by atoms with Crippen LogP contribution in [0.2, 0.25) is 0 Å². The normalized spacial score (nSPS) is 16.1. The highest BCUT2D eigenvalue weighted by Gasteiger charge is 2.25. The first-order valence-electron chi connectivity index (χ1n) is 5.06. The van der Waals surface area contributed by atoms with Gasteiger partial charge in [0.2, 0.25) is 11.0 Å². The Hall–Kier alpha value is -0.620. The monoisotopic (exact) mass is 243 g/mol. The highest BCUT2D eigenvalue weighted by molar-refractivity contribution is 8.01. The zero-order chi connectivity index (χ0) is 10.7. The Kier molecular flexibility index (Phi) is 3.58. The Labute approximate surface area is 96.9 Å². The van der Waals surface area contributed by atoms with E-state index in [1.54, 1.807) is 11.8 Å². The van der Waals surface area contributed by atoms with Gasteiger partial charge in [-0.25, -0.2) is 0 Å². The number of hydrogen-bond donors (Lipinski definition) is 1. The van der Waals surface area contributed by atoms with Crippen molar-refractivity contribution in [1.82, 2.24) is 10.2 Å². The summed E-state index contributed by atoms with van der Waals surface area (Å²) < 4.78 is 0.918. The molecule has 1 aliphatic carbocycles. The molecule has 0 bridgehead atoms. The molecular formula is C9H13N3OS2. The highest BCUT2D eigenvalue weighted by Crippen LogP contribution is 2.29. The molecule has 1 amide bonds. The number of nitrogens with zero attached hydrogens (tertiary/aromatic N) is 2. The van der Waals surface area contributed by atoms with Crippen LogP contribution in [-0.2, 0) is 4.79 Å². The summed E-state index contributed by atoms with van der Waals surface area (Å²) in [4.78, 5) is 11.6. The summed E-state index contributed by atoms with van der Waals surface area (Å²) in [5, 5.41) is 11.4. The molecule has 0 atom stereocenters. The van der Waals surface area contributed by atoms with Crippen molar-refractivity contribution in [1.29, 1.82) is 0 Å². The summed E-state index contributed by atoms with van der Waals surface area (Å²) in [7, 11) is 0. The van der Waals surface area contributed by atoms with Crippen LogP contribution in [0.3, 0.4) is 0 Å². The second-order valence-corrected chi connectivity index (χ2v) is 5.91. The second kappa shape index (κ2) is 4.94. The lowest BCUT2D eigenvalue weighted by atomic mass is 9.85. The zero-order valence-corrected chi connectivity index (χ0v) is 10.2. The lowest BCUT2D eigenvalue weighted by Gasteiger charge is -2.23. The van der Waals surface area contributed by atoms with Crippen LogP contribution in [0.25, 0.3) is 0 Å². The van der Waals surface area contributed by atoms with E-state index in [-0.39, 0.29) is 11.8 Å². The van der Waals surface area contributed by atoms with E-state index in [2.05, 4.69) is 22.4 Å². The average molecular weight is 243 g/mol. The fourth-order valence-corrected chi connectivity index (χ4v) is 2.97. The quantitative estimate of drug-likeness (QED) is 0.651. The fraction of sp³-hybridized carbons (Fsp3) is 0.667. The molecule has 0 unspecified atom stereocenters. The highest BCUT2D eigenvalue weighted by atomic mass is 32.2. The maximum Gasteiger partial charge on any atom is 0.229 e. The first-order chi connectivity index (χ1) is 7.29. The van der Waals surface area contributed by atoms with Gasteiger partial charge >= 0.3 is 0 Å². The summed E-state index contributed by atoms with van der Waals surface area (Å²) >= 11 is 3.09. The average Bonchev–Trinajstić information content (AvgIpc) is 2.49. The third-order valence-electron chi connectivity index (χ3n) is 2.38. The van der Waals surface area contributed by atoms with Crippen molar-refractivity contribution in [3.05, 3.63) is 0 Å². The van der Waals surface area contributed by atoms with Gasteiger partial charge in [0.15, 0.2) is 4.34 Å². The Morgan fingerprint density at radius 1 is 1.60 bits per heavy atom. The van der Waals surface area contributed by atoms with Crippen molar-refractivity contribution in [2.45, 2.75) is 30.5 Å². The molecule has 1 aromatic rings. The molecule has 0 aromatic carbocycles. The number of hydrogen-bond acceptors (Lipinski definition) is 5. The van der Waals surface area contributed by atoms with Gasteiger partial charge in [0.1, 0.15) is 0 Å². The molecule has 0 spiro atoms. The first-order valence-corrected chi connectivity index (χ1v) is 6.87. The summed E-state index contributed by atoms with van der Waals surface area (Å²) in [6.45, 7) is 2.07. The Morgan fingerprint density at radius 2 is 2.40 bits per heavy atom. The van der Waals surface area contributed by atoms with Gasteiger partial charge in [0, 0.05) is 5.92 Å². The lowest BCUT2D eigenvalue weighted by Crippen LogP contribution is -2.27. The molecular weight excluding hydrogens is 230 g/mol. The molecule has 1 aliphatic rings. The molecule has 15 heavy (non-hydrogen) atoms. The van der Waals surface area contributed by atoms with Gasteiger partial charge in [-0.1, -0.05) is 36.4 Å². The number of anilines is 1. The third-order valence-corrected chi connectivity index (χ3v) is 4.23. The molecule has 0 saturated heterocycles. The van der Waals surface area contributed by atoms with Crippen molar-refractivity contribution in [2.75, 3.05) is 11.1 Å². The Bertz CT molecular complexity index is 349. The summed E-state index contributed by atoms with van der Waals surface area (Å²) in [5.74, 6) is 1.28. The number of amides is 1. The summed E-state index contributed by atoms with van der Waals surface area (Å²) in [5.41, 5.74) is 0. The van der Waals surface area contributed by atoms with Crippen molar-refractivity contribution in [2.24, 2.45) is 5.92 Å². The zero-order valence-electron chi connectivity index (χ0n) is 8.52. The molecule has 0 aliphatic heterocycles. The molecule has 1 N–H and O–H groups in total. The van der Waals surface area contributed by atoms with Crippen molar-refractivity contribution in [3.63, 3.8) is 0 Å². The van der Waals surface area contributed by atoms with E-state index in [0.717, 1.165) is 22.9 Å². The maximum atomic E-state index is 11.6. The van der Waals surface area contributed by atoms with E-state index in [1.807, 2.05) is 0 Å². The largest absolute Gasteiger partial charge is 0.300 e. The number of carbonyl (C=O) groups is 1. The number of aromatic nitrogens is 2. The molecule has 4 nitrogen and oxygen atoms in total. The Morgan fingerprint density at radius 3 is 3.00 bits per heavy atom. The van der Waals surface area contributed by atoms with Gasteiger partial charge in [-0.05, 0) is 18.6 Å². The number of rotatable bonds is 4. The van der Waals surface area contributed by atoms with E-state index in [9.17, 15) is 4.79 Å². The molecule has 0 radical (unpaired) electrons. The van der Waals surface area contributed by atoms with Crippen LogP contribution in [0.4, 0.5) is 5.13 Å². The van der Waals surface area contributed by atoms with Crippen LogP contribution >= 0.6 is 23.1 Å². The van der Waals surface area contributed by atoms with Crippen LogP contribution in [0.1, 0.15) is 26.2 Å². The molecule has 1 aromatic heterocycles. The minimum atomic E-state index is 0.102. The minimum Gasteiger partial charge on any atom is -0.300 e. The topological polar surface area (TPSA) is 54.9 Å². The van der Waals surface area contributed by atoms with E-state index < -0.39 is 0 Å². The number of carbonyl (C=O) groups excluding carboxylic acids is 1. The van der Waals surface area contributed by atoms with Crippen LogP contribution in [0, 0.1) is 5.92 Å². The fourth-order valence-electron chi connectivity index (χ4n) is 1.32. The van der Waals surface area contributed by atoms with Gasteiger partial charge < -0.3 is 5.32 Å². The molecule has 2 rings (SSSR count). The SMILES string of the molecule is CCSc1nnc(NC(=O)C2CCC2)s1. The molecule has 6 heteroatoms. The van der Waals surface area contributed by atoms with E-state index in [0.29, 0.717) is 5.13 Å². The minimum absolute atomic E-state index is 0.102. The molecule has 82 valence electrons.